The largest absolute Gasteiger partial charge is 0.409 e. The maximum Gasteiger partial charge on any atom is 0.243 e. The number of rotatable bonds is 7. The van der Waals surface area contributed by atoms with Crippen molar-refractivity contribution in [2.75, 3.05) is 6.54 Å². The van der Waals surface area contributed by atoms with E-state index in [0.717, 1.165) is 0 Å². The van der Waals surface area contributed by atoms with E-state index in [0.29, 0.717) is 23.7 Å². The van der Waals surface area contributed by atoms with Crippen LogP contribution >= 0.6 is 39.1 Å². The second kappa shape index (κ2) is 8.19. The molecule has 118 valence electrons. The van der Waals surface area contributed by atoms with Crippen molar-refractivity contribution in [2.24, 2.45) is 10.9 Å². The summed E-state index contributed by atoms with van der Waals surface area (Å²) >= 11 is 15.0. The van der Waals surface area contributed by atoms with E-state index in [-0.39, 0.29) is 27.3 Å². The van der Waals surface area contributed by atoms with E-state index in [1.54, 1.807) is 0 Å². The number of nitrogens with two attached hydrogens (primary N) is 1. The van der Waals surface area contributed by atoms with Crippen LogP contribution in [0.25, 0.3) is 0 Å². The van der Waals surface area contributed by atoms with E-state index in [1.165, 1.54) is 12.1 Å². The highest BCUT2D eigenvalue weighted by molar-refractivity contribution is 9.10. The van der Waals surface area contributed by atoms with Gasteiger partial charge in [-0.2, -0.15) is 0 Å². The minimum absolute atomic E-state index is 0.0403. The van der Waals surface area contributed by atoms with Gasteiger partial charge in [0.15, 0.2) is 0 Å². The summed E-state index contributed by atoms with van der Waals surface area (Å²) in [6.07, 6.45) is 1.50. The van der Waals surface area contributed by atoms with Crippen LogP contribution in [0.3, 0.4) is 0 Å². The fourth-order valence-corrected chi connectivity index (χ4v) is 4.55. The molecule has 6 nitrogen and oxygen atoms in total. The molecule has 1 aromatic rings. The highest BCUT2D eigenvalue weighted by Crippen LogP contribution is 2.32. The van der Waals surface area contributed by atoms with Gasteiger partial charge < -0.3 is 10.9 Å². The number of nitrogens with zero attached hydrogens (tertiary/aromatic N) is 1. The lowest BCUT2D eigenvalue weighted by atomic mass is 10.2. The molecule has 0 unspecified atom stereocenters. The quantitative estimate of drug-likeness (QED) is 0.208. The highest BCUT2D eigenvalue weighted by atomic mass is 79.9. The monoisotopic (exact) mass is 417 g/mol. The Morgan fingerprint density at radius 2 is 1.90 bits per heavy atom. The number of benzene rings is 1. The van der Waals surface area contributed by atoms with Gasteiger partial charge in [-0.3, -0.25) is 0 Å². The summed E-state index contributed by atoms with van der Waals surface area (Å²) in [6.45, 7) is 0.198. The zero-order valence-electron chi connectivity index (χ0n) is 10.8. The summed E-state index contributed by atoms with van der Waals surface area (Å²) in [5, 5.41) is 11.3. The van der Waals surface area contributed by atoms with Gasteiger partial charge in [-0.1, -0.05) is 44.3 Å². The van der Waals surface area contributed by atoms with Gasteiger partial charge in [0.05, 0.1) is 10.0 Å². The fourth-order valence-electron chi connectivity index (χ4n) is 1.55. The van der Waals surface area contributed by atoms with E-state index in [2.05, 4.69) is 25.8 Å². The Morgan fingerprint density at radius 3 is 2.43 bits per heavy atom. The molecule has 0 heterocycles. The zero-order chi connectivity index (χ0) is 16.0. The second-order valence-electron chi connectivity index (χ2n) is 4.14. The predicted molar refractivity (Wildman–Crippen MR) is 86.6 cm³/mol. The standard InChI is InChI=1S/C11H14BrCl2N3O3S/c12-7-5-8(13)11(9(14)6-7)21(19,20)16-4-2-1-3-10(15)17-18/h5-6,16,18H,1-4H2,(H2,15,17). The number of nitrogens with one attached hydrogen (secondary N) is 1. The Morgan fingerprint density at radius 1 is 1.33 bits per heavy atom. The summed E-state index contributed by atoms with van der Waals surface area (Å²) in [6, 6.07) is 2.92. The summed E-state index contributed by atoms with van der Waals surface area (Å²) < 4.78 is 27.3. The Hall–Kier alpha value is -0.540. The van der Waals surface area contributed by atoms with Crippen molar-refractivity contribution in [3.05, 3.63) is 26.7 Å². The van der Waals surface area contributed by atoms with Crippen molar-refractivity contribution in [3.63, 3.8) is 0 Å². The van der Waals surface area contributed by atoms with Crippen LogP contribution in [0.5, 0.6) is 0 Å². The van der Waals surface area contributed by atoms with Gasteiger partial charge in [-0.25, -0.2) is 13.1 Å². The number of sulfonamides is 1. The van der Waals surface area contributed by atoms with Crippen LogP contribution < -0.4 is 10.5 Å². The third-order valence-electron chi connectivity index (χ3n) is 2.51. The SMILES string of the molecule is NC(CCCCNS(=O)(=O)c1c(Cl)cc(Br)cc1Cl)=NO. The van der Waals surface area contributed by atoms with Crippen molar-refractivity contribution >= 4 is 55.0 Å². The first kappa shape index (κ1) is 18.5. The van der Waals surface area contributed by atoms with E-state index < -0.39 is 10.0 Å². The Bertz CT molecular complexity index is 615. The molecule has 0 fully saturated rings. The number of hydrogen-bond acceptors (Lipinski definition) is 4. The van der Waals surface area contributed by atoms with E-state index in [1.807, 2.05) is 0 Å². The van der Waals surface area contributed by atoms with Crippen LogP contribution in [0, 0.1) is 0 Å². The Balaban J connectivity index is 2.67. The molecule has 1 rings (SSSR count). The van der Waals surface area contributed by atoms with Gasteiger partial charge >= 0.3 is 0 Å². The lowest BCUT2D eigenvalue weighted by Crippen LogP contribution is -2.25. The van der Waals surface area contributed by atoms with E-state index >= 15 is 0 Å². The first-order chi connectivity index (χ1) is 9.77. The first-order valence-electron chi connectivity index (χ1n) is 5.88. The number of halogens is 3. The number of amidine groups is 1. The number of oxime groups is 1. The first-order valence-corrected chi connectivity index (χ1v) is 8.91. The van der Waals surface area contributed by atoms with Crippen molar-refractivity contribution in [1.82, 2.24) is 4.72 Å². The van der Waals surface area contributed by atoms with Gasteiger partial charge in [0, 0.05) is 17.4 Å². The summed E-state index contributed by atoms with van der Waals surface area (Å²) in [5.74, 6) is 0.108. The molecule has 10 heteroatoms. The highest BCUT2D eigenvalue weighted by Gasteiger charge is 2.21. The summed E-state index contributed by atoms with van der Waals surface area (Å²) in [4.78, 5) is -0.148. The smallest absolute Gasteiger partial charge is 0.243 e. The summed E-state index contributed by atoms with van der Waals surface area (Å²) in [5.41, 5.74) is 5.31. The molecule has 0 aromatic heterocycles. The van der Waals surface area contributed by atoms with Gasteiger partial charge in [0.25, 0.3) is 0 Å². The maximum absolute atomic E-state index is 12.2. The molecule has 0 saturated carbocycles. The average molecular weight is 419 g/mol. The van der Waals surface area contributed by atoms with Crippen molar-refractivity contribution in [3.8, 4) is 0 Å². The van der Waals surface area contributed by atoms with Gasteiger partial charge in [0.2, 0.25) is 10.0 Å². The lowest BCUT2D eigenvalue weighted by molar-refractivity contribution is 0.316. The molecule has 0 saturated heterocycles. The molecule has 0 aliphatic carbocycles. The van der Waals surface area contributed by atoms with Gasteiger partial charge in [0.1, 0.15) is 10.7 Å². The molecule has 0 radical (unpaired) electrons. The van der Waals surface area contributed by atoms with Crippen LogP contribution in [0.1, 0.15) is 19.3 Å². The topological polar surface area (TPSA) is 105 Å². The number of hydrogen-bond donors (Lipinski definition) is 3. The van der Waals surface area contributed by atoms with Crippen LogP contribution in [-0.2, 0) is 10.0 Å². The molecule has 1 aromatic carbocycles. The predicted octanol–water partition coefficient (Wildman–Crippen LogP) is 2.95. The van der Waals surface area contributed by atoms with E-state index in [4.69, 9.17) is 34.1 Å². The van der Waals surface area contributed by atoms with Gasteiger partial charge in [-0.15, -0.1) is 0 Å². The molecular formula is C11H14BrCl2N3O3S. The average Bonchev–Trinajstić information content (AvgIpc) is 2.36. The normalized spacial score (nSPS) is 12.6. The molecule has 0 aliphatic heterocycles. The van der Waals surface area contributed by atoms with Crippen molar-refractivity contribution < 1.29 is 13.6 Å². The third kappa shape index (κ3) is 5.63. The molecule has 0 aliphatic rings. The Kier molecular flexibility index (Phi) is 7.22. The molecule has 4 N–H and O–H groups in total. The van der Waals surface area contributed by atoms with Crippen LogP contribution in [-0.4, -0.2) is 26.0 Å². The molecule has 0 spiro atoms. The molecule has 0 amide bonds. The molecule has 0 atom stereocenters. The number of unbranched alkanes of at least 4 members (excludes halogenated alkanes) is 1. The molecule has 21 heavy (non-hydrogen) atoms. The van der Waals surface area contributed by atoms with Crippen molar-refractivity contribution in [2.45, 2.75) is 24.2 Å². The third-order valence-corrected chi connectivity index (χ3v) is 5.35. The minimum atomic E-state index is -3.79. The molecule has 0 bridgehead atoms. The lowest BCUT2D eigenvalue weighted by Gasteiger charge is -2.10. The second-order valence-corrected chi connectivity index (χ2v) is 7.58. The van der Waals surface area contributed by atoms with Crippen molar-refractivity contribution in [1.29, 1.82) is 0 Å². The Labute approximate surface area is 141 Å². The molecular weight excluding hydrogens is 405 g/mol. The fraction of sp³-hybridized carbons (Fsp3) is 0.364. The maximum atomic E-state index is 12.2. The van der Waals surface area contributed by atoms with Crippen LogP contribution in [0.4, 0.5) is 0 Å². The van der Waals surface area contributed by atoms with Gasteiger partial charge in [-0.05, 0) is 25.0 Å². The zero-order valence-corrected chi connectivity index (χ0v) is 14.7. The van der Waals surface area contributed by atoms with E-state index in [9.17, 15) is 8.42 Å². The van der Waals surface area contributed by atoms with Crippen LogP contribution in [0.15, 0.2) is 26.7 Å². The van der Waals surface area contributed by atoms with Crippen LogP contribution in [0.2, 0.25) is 10.0 Å². The minimum Gasteiger partial charge on any atom is -0.409 e. The summed E-state index contributed by atoms with van der Waals surface area (Å²) in [7, 11) is -3.79.